The summed E-state index contributed by atoms with van der Waals surface area (Å²) in [7, 11) is 3.25. The molecule has 0 amide bonds. The van der Waals surface area contributed by atoms with Crippen LogP contribution in [0.2, 0.25) is 0 Å². The lowest BCUT2D eigenvalue weighted by molar-refractivity contribution is 0.387. The van der Waals surface area contributed by atoms with Crippen LogP contribution in [-0.2, 0) is 0 Å². The molecule has 3 heterocycles. The van der Waals surface area contributed by atoms with E-state index in [-0.39, 0.29) is 0 Å². The summed E-state index contributed by atoms with van der Waals surface area (Å²) in [5.41, 5.74) is 6.00. The predicted molar refractivity (Wildman–Crippen MR) is 155 cm³/mol. The van der Waals surface area contributed by atoms with Crippen molar-refractivity contribution < 1.29 is 9.47 Å². The van der Waals surface area contributed by atoms with Crippen LogP contribution >= 0.6 is 0 Å². The number of ether oxygens (including phenoxy) is 2. The fourth-order valence-corrected chi connectivity index (χ4v) is 4.68. The number of aromatic nitrogens is 4. The van der Waals surface area contributed by atoms with Crippen molar-refractivity contribution in [3.63, 3.8) is 0 Å². The number of hydrogen-bond donors (Lipinski definition) is 1. The van der Waals surface area contributed by atoms with Crippen molar-refractivity contribution in [2.24, 2.45) is 0 Å². The second-order valence-electron chi connectivity index (χ2n) is 8.91. The summed E-state index contributed by atoms with van der Waals surface area (Å²) >= 11 is 0. The highest BCUT2D eigenvalue weighted by Crippen LogP contribution is 2.42. The minimum absolute atomic E-state index is 0.296. The third-order valence-electron chi connectivity index (χ3n) is 6.51. The summed E-state index contributed by atoms with van der Waals surface area (Å²) in [4.78, 5) is 9.55. The van der Waals surface area contributed by atoms with Gasteiger partial charge in [0.05, 0.1) is 25.3 Å². The van der Waals surface area contributed by atoms with Gasteiger partial charge >= 0.3 is 0 Å². The Morgan fingerprint density at radius 3 is 2.02 bits per heavy atom. The smallest absolute Gasteiger partial charge is 0.228 e. The highest BCUT2D eigenvalue weighted by Gasteiger charge is 2.25. The van der Waals surface area contributed by atoms with Crippen LogP contribution in [0.1, 0.15) is 5.69 Å². The number of hydrogen-bond acceptors (Lipinski definition) is 7. The maximum absolute atomic E-state index is 9.41. The second kappa shape index (κ2) is 10.6. The van der Waals surface area contributed by atoms with Crippen molar-refractivity contribution in [2.75, 3.05) is 19.5 Å². The predicted octanol–water partition coefficient (Wildman–Crippen LogP) is 6.76. The Morgan fingerprint density at radius 2 is 1.38 bits per heavy atom. The van der Waals surface area contributed by atoms with Crippen molar-refractivity contribution in [1.82, 2.24) is 19.6 Å². The number of rotatable bonds is 7. The third kappa shape index (κ3) is 4.46. The van der Waals surface area contributed by atoms with E-state index in [1.807, 2.05) is 84.9 Å². The first-order valence-corrected chi connectivity index (χ1v) is 12.6. The maximum Gasteiger partial charge on any atom is 0.228 e. The van der Waals surface area contributed by atoms with E-state index in [1.54, 1.807) is 36.9 Å². The standard InChI is InChI=1S/C32H24N6O2/c1-39-25-18-16-22(17-19-25)28-30(35-26-15-9-14-24(20-33)34-26)36-31-27(21-10-5-3-6-11-21)29(23-12-7-4-8-13-23)37-38(31)32(28)40-2/h3-19H,1-2H3,(H,34,35,36). The summed E-state index contributed by atoms with van der Waals surface area (Å²) in [6.45, 7) is 0. The molecular weight excluding hydrogens is 500 g/mol. The van der Waals surface area contributed by atoms with Crippen molar-refractivity contribution in [1.29, 1.82) is 5.26 Å². The number of nitriles is 1. The topological polar surface area (TPSA) is 97.4 Å². The quantitative estimate of drug-likeness (QED) is 0.246. The maximum atomic E-state index is 9.41. The third-order valence-corrected chi connectivity index (χ3v) is 6.51. The molecule has 0 aliphatic carbocycles. The zero-order valence-electron chi connectivity index (χ0n) is 21.9. The van der Waals surface area contributed by atoms with Gasteiger partial charge in [0.25, 0.3) is 0 Å². The van der Waals surface area contributed by atoms with Crippen LogP contribution in [-0.4, -0.2) is 33.8 Å². The van der Waals surface area contributed by atoms with Gasteiger partial charge in [-0.2, -0.15) is 14.9 Å². The van der Waals surface area contributed by atoms with Crippen LogP contribution < -0.4 is 14.8 Å². The molecule has 0 unspecified atom stereocenters. The van der Waals surface area contributed by atoms with Gasteiger partial charge in [-0.3, -0.25) is 0 Å². The lowest BCUT2D eigenvalue weighted by atomic mass is 10.0. The van der Waals surface area contributed by atoms with Crippen molar-refractivity contribution in [3.8, 4) is 51.2 Å². The lowest BCUT2D eigenvalue weighted by Gasteiger charge is -2.16. The Balaban J connectivity index is 1.68. The molecule has 0 fully saturated rings. The minimum Gasteiger partial charge on any atom is -0.497 e. The first-order chi connectivity index (χ1) is 19.7. The Kier molecular flexibility index (Phi) is 6.53. The first-order valence-electron chi connectivity index (χ1n) is 12.6. The largest absolute Gasteiger partial charge is 0.497 e. The molecule has 0 atom stereocenters. The summed E-state index contributed by atoms with van der Waals surface area (Å²) < 4.78 is 13.2. The van der Waals surface area contributed by atoms with Crippen LogP contribution in [0.15, 0.2) is 103 Å². The Bertz CT molecular complexity index is 1840. The summed E-state index contributed by atoms with van der Waals surface area (Å²) in [5, 5.41) is 17.8. The van der Waals surface area contributed by atoms with Gasteiger partial charge in [-0.25, -0.2) is 9.97 Å². The monoisotopic (exact) mass is 524 g/mol. The molecular formula is C32H24N6O2. The normalized spacial score (nSPS) is 10.7. The number of anilines is 2. The number of methoxy groups -OCH3 is 2. The molecule has 194 valence electrons. The minimum atomic E-state index is 0.296. The molecule has 8 heteroatoms. The Labute approximate surface area is 231 Å². The molecule has 6 aromatic rings. The van der Waals surface area contributed by atoms with E-state index in [0.717, 1.165) is 33.7 Å². The number of nitrogens with zero attached hydrogens (tertiary/aromatic N) is 5. The fourth-order valence-electron chi connectivity index (χ4n) is 4.68. The molecule has 0 aliphatic heterocycles. The van der Waals surface area contributed by atoms with Gasteiger partial charge < -0.3 is 14.8 Å². The highest BCUT2D eigenvalue weighted by molar-refractivity contribution is 5.94. The Hall–Kier alpha value is -5.68. The van der Waals surface area contributed by atoms with Gasteiger partial charge in [-0.05, 0) is 35.4 Å². The molecule has 0 bridgehead atoms. The zero-order valence-corrected chi connectivity index (χ0v) is 21.9. The van der Waals surface area contributed by atoms with Gasteiger partial charge in [0.2, 0.25) is 5.88 Å². The van der Waals surface area contributed by atoms with Crippen molar-refractivity contribution >= 4 is 17.3 Å². The average Bonchev–Trinajstić information content (AvgIpc) is 3.40. The molecule has 0 saturated carbocycles. The van der Waals surface area contributed by atoms with Crippen LogP contribution in [0, 0.1) is 11.3 Å². The SMILES string of the molecule is COc1ccc(-c2c(Nc3cccc(C#N)n3)nc3c(-c4ccccc4)c(-c4ccccc4)nn3c2OC)cc1. The molecule has 1 N–H and O–H groups in total. The van der Waals surface area contributed by atoms with E-state index in [0.29, 0.717) is 34.4 Å². The number of benzene rings is 3. The van der Waals surface area contributed by atoms with E-state index < -0.39 is 0 Å². The van der Waals surface area contributed by atoms with Crippen LogP contribution in [0.3, 0.4) is 0 Å². The molecule has 0 radical (unpaired) electrons. The molecule has 6 rings (SSSR count). The number of nitrogens with one attached hydrogen (secondary N) is 1. The molecule has 3 aromatic heterocycles. The second-order valence-corrected chi connectivity index (χ2v) is 8.91. The number of fused-ring (bicyclic) bond motifs is 1. The summed E-state index contributed by atoms with van der Waals surface area (Å²) in [5.74, 6) is 2.21. The molecule has 0 saturated heterocycles. The van der Waals surface area contributed by atoms with E-state index in [1.165, 1.54) is 0 Å². The summed E-state index contributed by atoms with van der Waals surface area (Å²) in [6, 6.07) is 35.0. The highest BCUT2D eigenvalue weighted by atomic mass is 16.5. The molecule has 0 aliphatic rings. The summed E-state index contributed by atoms with van der Waals surface area (Å²) in [6.07, 6.45) is 0. The Morgan fingerprint density at radius 1 is 0.700 bits per heavy atom. The van der Waals surface area contributed by atoms with Gasteiger partial charge in [-0.15, -0.1) is 0 Å². The van der Waals surface area contributed by atoms with Gasteiger partial charge in [0, 0.05) is 5.56 Å². The van der Waals surface area contributed by atoms with Crippen molar-refractivity contribution in [3.05, 3.63) is 109 Å². The molecule has 40 heavy (non-hydrogen) atoms. The average molecular weight is 525 g/mol. The molecule has 3 aromatic carbocycles. The van der Waals surface area contributed by atoms with Gasteiger partial charge in [0.15, 0.2) is 5.65 Å². The van der Waals surface area contributed by atoms with E-state index in [9.17, 15) is 5.26 Å². The fraction of sp³-hybridized carbons (Fsp3) is 0.0625. The van der Waals surface area contributed by atoms with Gasteiger partial charge in [-0.1, -0.05) is 78.9 Å². The van der Waals surface area contributed by atoms with E-state index in [2.05, 4.69) is 16.4 Å². The number of pyridine rings is 1. The van der Waals surface area contributed by atoms with Crippen molar-refractivity contribution in [2.45, 2.75) is 0 Å². The van der Waals surface area contributed by atoms with Crippen LogP contribution in [0.4, 0.5) is 11.6 Å². The van der Waals surface area contributed by atoms with E-state index in [4.69, 9.17) is 19.6 Å². The molecule has 8 nitrogen and oxygen atoms in total. The van der Waals surface area contributed by atoms with Crippen LogP contribution in [0.25, 0.3) is 39.2 Å². The zero-order chi connectivity index (χ0) is 27.5. The van der Waals surface area contributed by atoms with Gasteiger partial charge in [0.1, 0.15) is 34.8 Å². The first kappa shape index (κ1) is 24.6. The lowest BCUT2D eigenvalue weighted by Crippen LogP contribution is -2.06. The van der Waals surface area contributed by atoms with E-state index >= 15 is 0 Å². The molecule has 0 spiro atoms. The van der Waals surface area contributed by atoms with Crippen LogP contribution in [0.5, 0.6) is 11.6 Å².